The lowest BCUT2D eigenvalue weighted by molar-refractivity contribution is 0.0606. The number of amides is 2. The number of piperidine rings is 1. The Morgan fingerprint density at radius 2 is 1.89 bits per heavy atom. The molecule has 1 aromatic carbocycles. The van der Waals surface area contributed by atoms with Crippen molar-refractivity contribution in [2.24, 2.45) is 5.73 Å². The molecule has 0 saturated carbocycles. The van der Waals surface area contributed by atoms with Gasteiger partial charge in [0.15, 0.2) is 0 Å². The molecule has 1 aromatic heterocycles. The number of primary amides is 1. The van der Waals surface area contributed by atoms with Crippen LogP contribution in [0.3, 0.4) is 0 Å². The quantitative estimate of drug-likeness (QED) is 0.770. The minimum atomic E-state index is -3.55. The predicted octanol–water partition coefficient (Wildman–Crippen LogP) is 1.13. The van der Waals surface area contributed by atoms with E-state index in [4.69, 9.17) is 5.73 Å². The fraction of sp³-hybridized carbons (Fsp3) is 0.389. The summed E-state index contributed by atoms with van der Waals surface area (Å²) in [7, 11) is -0.640. The molecule has 2 aromatic rings. The van der Waals surface area contributed by atoms with Gasteiger partial charge in [0, 0.05) is 26.2 Å². The normalized spacial score (nSPS) is 17.7. The minimum Gasteiger partial charge on any atom is -0.364 e. The number of nitrogens with one attached hydrogen (secondary N) is 1. The second kappa shape index (κ2) is 7.72. The Balaban J connectivity index is 1.85. The van der Waals surface area contributed by atoms with Crippen molar-refractivity contribution in [3.63, 3.8) is 0 Å². The molecule has 1 saturated heterocycles. The smallest absolute Gasteiger partial charge is 0.269 e. The molecule has 0 bridgehead atoms. The van der Waals surface area contributed by atoms with Crippen molar-refractivity contribution >= 4 is 21.8 Å². The van der Waals surface area contributed by atoms with Gasteiger partial charge in [-0.1, -0.05) is 0 Å². The van der Waals surface area contributed by atoms with Gasteiger partial charge in [-0.15, -0.1) is 0 Å². The van der Waals surface area contributed by atoms with Crippen molar-refractivity contribution in [3.05, 3.63) is 47.3 Å². The summed E-state index contributed by atoms with van der Waals surface area (Å²) in [6, 6.07) is 7.24. The van der Waals surface area contributed by atoms with E-state index in [1.54, 1.807) is 11.0 Å². The molecule has 150 valence electrons. The molecule has 1 unspecified atom stereocenters. The number of aromatic nitrogens is 2. The van der Waals surface area contributed by atoms with Gasteiger partial charge in [0.2, 0.25) is 10.0 Å². The zero-order valence-electron chi connectivity index (χ0n) is 15.8. The number of aromatic amines is 1. The lowest BCUT2D eigenvalue weighted by Crippen LogP contribution is -2.38. The maximum Gasteiger partial charge on any atom is 0.269 e. The van der Waals surface area contributed by atoms with E-state index in [9.17, 15) is 18.0 Å². The predicted molar refractivity (Wildman–Crippen MR) is 102 cm³/mol. The zero-order chi connectivity index (χ0) is 20.5. The van der Waals surface area contributed by atoms with Crippen LogP contribution in [-0.2, 0) is 10.0 Å². The Morgan fingerprint density at radius 1 is 1.21 bits per heavy atom. The van der Waals surface area contributed by atoms with Crippen molar-refractivity contribution in [3.8, 4) is 0 Å². The topological polar surface area (TPSA) is 129 Å². The average Bonchev–Trinajstić information content (AvgIpc) is 3.18. The number of carbonyl (C=O) groups is 2. The second-order valence-electron chi connectivity index (χ2n) is 6.89. The van der Waals surface area contributed by atoms with E-state index in [0.29, 0.717) is 17.8 Å². The molecule has 2 amide bonds. The Bertz CT molecular complexity index is 982. The second-order valence-corrected chi connectivity index (χ2v) is 9.05. The van der Waals surface area contributed by atoms with Crippen LogP contribution >= 0.6 is 0 Å². The molecule has 9 nitrogen and oxygen atoms in total. The van der Waals surface area contributed by atoms with E-state index in [1.165, 1.54) is 38.4 Å². The van der Waals surface area contributed by atoms with Crippen molar-refractivity contribution < 1.29 is 18.0 Å². The molecular formula is C18H23N5O4S. The number of nitrogens with two attached hydrogens (primary N) is 1. The third-order valence-corrected chi connectivity index (χ3v) is 6.68. The first kappa shape index (κ1) is 20.0. The van der Waals surface area contributed by atoms with Gasteiger partial charge in [0.1, 0.15) is 5.69 Å². The van der Waals surface area contributed by atoms with Crippen LogP contribution in [0.2, 0.25) is 0 Å². The number of H-pyrrole nitrogens is 1. The third-order valence-electron chi connectivity index (χ3n) is 4.85. The Labute approximate surface area is 163 Å². The number of likely N-dealkylation sites (tertiary alicyclic amines) is 1. The summed E-state index contributed by atoms with van der Waals surface area (Å²) in [5.41, 5.74) is 6.45. The Hall–Kier alpha value is -2.72. The summed E-state index contributed by atoms with van der Waals surface area (Å²) in [5.74, 6) is -0.831. The molecule has 2 heterocycles. The molecule has 1 fully saturated rings. The monoisotopic (exact) mass is 405 g/mol. The maximum atomic E-state index is 13.1. The van der Waals surface area contributed by atoms with Crippen LogP contribution in [0.1, 0.15) is 51.8 Å². The molecule has 0 radical (unpaired) electrons. The van der Waals surface area contributed by atoms with Crippen LogP contribution in [0.4, 0.5) is 0 Å². The molecule has 0 spiro atoms. The van der Waals surface area contributed by atoms with Gasteiger partial charge in [0.25, 0.3) is 11.8 Å². The van der Waals surface area contributed by atoms with Gasteiger partial charge in [-0.25, -0.2) is 12.7 Å². The van der Waals surface area contributed by atoms with Gasteiger partial charge >= 0.3 is 0 Å². The first-order valence-corrected chi connectivity index (χ1v) is 10.3. The fourth-order valence-corrected chi connectivity index (χ4v) is 4.18. The summed E-state index contributed by atoms with van der Waals surface area (Å²) < 4.78 is 25.5. The van der Waals surface area contributed by atoms with Crippen molar-refractivity contribution in [1.29, 1.82) is 0 Å². The standard InChI is InChI=1S/C18H23N5O4S/c1-22(2)28(26,27)13-8-6-12(7-9-13)18(25)23-10-4-3-5-16(23)14-11-15(17(19)24)21-20-14/h6-9,11,16H,3-5,10H2,1-2H3,(H2,19,24)(H,20,21). The first-order valence-electron chi connectivity index (χ1n) is 8.90. The Morgan fingerprint density at radius 3 is 2.46 bits per heavy atom. The molecule has 1 atom stereocenters. The number of rotatable bonds is 5. The third kappa shape index (κ3) is 3.78. The van der Waals surface area contributed by atoms with E-state index in [2.05, 4.69) is 10.2 Å². The van der Waals surface area contributed by atoms with Crippen LogP contribution in [0.5, 0.6) is 0 Å². The highest BCUT2D eigenvalue weighted by Crippen LogP contribution is 2.31. The van der Waals surface area contributed by atoms with Crippen LogP contribution in [0.25, 0.3) is 0 Å². The molecule has 0 aliphatic carbocycles. The molecule has 28 heavy (non-hydrogen) atoms. The van der Waals surface area contributed by atoms with E-state index in [-0.39, 0.29) is 22.5 Å². The fourth-order valence-electron chi connectivity index (χ4n) is 3.28. The van der Waals surface area contributed by atoms with E-state index < -0.39 is 15.9 Å². The number of hydrogen-bond acceptors (Lipinski definition) is 5. The lowest BCUT2D eigenvalue weighted by Gasteiger charge is -2.35. The van der Waals surface area contributed by atoms with Crippen molar-refractivity contribution in [1.82, 2.24) is 19.4 Å². The van der Waals surface area contributed by atoms with Gasteiger partial charge in [-0.2, -0.15) is 5.10 Å². The van der Waals surface area contributed by atoms with Crippen molar-refractivity contribution in [2.75, 3.05) is 20.6 Å². The summed E-state index contributed by atoms with van der Waals surface area (Å²) >= 11 is 0. The average molecular weight is 405 g/mol. The van der Waals surface area contributed by atoms with Gasteiger partial charge in [-0.05, 0) is 49.6 Å². The number of sulfonamides is 1. The molecule has 10 heteroatoms. The summed E-state index contributed by atoms with van der Waals surface area (Å²) in [6.45, 7) is 0.562. The maximum absolute atomic E-state index is 13.1. The Kier molecular flexibility index (Phi) is 5.52. The van der Waals surface area contributed by atoms with Gasteiger partial charge in [-0.3, -0.25) is 14.7 Å². The van der Waals surface area contributed by atoms with E-state index in [1.807, 2.05) is 0 Å². The highest BCUT2D eigenvalue weighted by molar-refractivity contribution is 7.89. The van der Waals surface area contributed by atoms with Gasteiger partial charge in [0.05, 0.1) is 16.6 Å². The van der Waals surface area contributed by atoms with Crippen LogP contribution in [0, 0.1) is 0 Å². The zero-order valence-corrected chi connectivity index (χ0v) is 16.6. The van der Waals surface area contributed by atoms with E-state index in [0.717, 1.165) is 23.6 Å². The molecule has 3 N–H and O–H groups in total. The molecule has 1 aliphatic heterocycles. The first-order chi connectivity index (χ1) is 13.2. The highest BCUT2D eigenvalue weighted by atomic mass is 32.2. The number of hydrogen-bond donors (Lipinski definition) is 2. The summed E-state index contributed by atoms with van der Waals surface area (Å²) in [5, 5.41) is 6.71. The van der Waals surface area contributed by atoms with Gasteiger partial charge < -0.3 is 10.6 Å². The molecular weight excluding hydrogens is 382 g/mol. The lowest BCUT2D eigenvalue weighted by atomic mass is 9.98. The molecule has 1 aliphatic rings. The largest absolute Gasteiger partial charge is 0.364 e. The number of nitrogens with zero attached hydrogens (tertiary/aromatic N) is 3. The summed E-state index contributed by atoms with van der Waals surface area (Å²) in [6.07, 6.45) is 2.55. The minimum absolute atomic E-state index is 0.129. The SMILES string of the molecule is CN(C)S(=O)(=O)c1ccc(C(=O)N2CCCCC2c2cc(C(N)=O)n[nH]2)cc1. The molecule has 3 rings (SSSR count). The van der Waals surface area contributed by atoms with Crippen LogP contribution in [-0.4, -0.2) is 60.3 Å². The summed E-state index contributed by atoms with van der Waals surface area (Å²) in [4.78, 5) is 26.2. The highest BCUT2D eigenvalue weighted by Gasteiger charge is 2.30. The van der Waals surface area contributed by atoms with E-state index >= 15 is 0 Å². The van der Waals surface area contributed by atoms with Crippen LogP contribution in [0.15, 0.2) is 35.2 Å². The number of carbonyl (C=O) groups excluding carboxylic acids is 2. The van der Waals surface area contributed by atoms with Crippen LogP contribution < -0.4 is 5.73 Å². The van der Waals surface area contributed by atoms with Crippen molar-refractivity contribution in [2.45, 2.75) is 30.2 Å². The number of benzene rings is 1.